The number of hydrogen-bond donors (Lipinski definition) is 2. The van der Waals surface area contributed by atoms with Crippen LogP contribution in [0.15, 0.2) is 22.5 Å². The highest BCUT2D eigenvalue weighted by Crippen LogP contribution is 2.57. The van der Waals surface area contributed by atoms with Gasteiger partial charge in [0.15, 0.2) is 12.2 Å². The van der Waals surface area contributed by atoms with E-state index in [-0.39, 0.29) is 23.4 Å². The molecule has 1 fully saturated rings. The number of β-lactam (4-membered cyclic amide) rings is 1. The minimum atomic E-state index is -1.39. The number of thioether (sulfide) groups is 2. The van der Waals surface area contributed by atoms with Crippen LogP contribution in [0, 0.1) is 5.92 Å². The highest BCUT2D eigenvalue weighted by molar-refractivity contribution is 8.22. The number of fused-ring (bicyclic) bond motifs is 2. The van der Waals surface area contributed by atoms with Crippen molar-refractivity contribution in [3.8, 4) is 0 Å². The normalized spacial score (nSPS) is 27.4. The maximum atomic E-state index is 12.3. The smallest absolute Gasteiger partial charge is 0.259 e. The third-order valence-corrected chi connectivity index (χ3v) is 7.83. The van der Waals surface area contributed by atoms with E-state index in [4.69, 9.17) is 5.73 Å². The zero-order valence-electron chi connectivity index (χ0n) is 14.4. The van der Waals surface area contributed by atoms with E-state index in [9.17, 15) is 24.6 Å². The number of carboxylic acids is 1. The molecule has 0 saturated carbocycles. The lowest BCUT2D eigenvalue weighted by atomic mass is 9.92. The van der Waals surface area contributed by atoms with Crippen molar-refractivity contribution in [1.29, 1.82) is 0 Å². The molecule has 0 unspecified atom stereocenters. The van der Waals surface area contributed by atoms with Crippen LogP contribution in [-0.2, 0) is 27.5 Å². The Morgan fingerprint density at radius 2 is 2.30 bits per heavy atom. The van der Waals surface area contributed by atoms with Crippen LogP contribution < -0.4 is 15.4 Å². The average Bonchev–Trinajstić information content (AvgIpc) is 3.19. The van der Waals surface area contributed by atoms with Gasteiger partial charge in [-0.3, -0.25) is 14.5 Å². The number of imidazole rings is 1. The van der Waals surface area contributed by atoms with E-state index >= 15 is 0 Å². The molecule has 3 aliphatic rings. The van der Waals surface area contributed by atoms with Crippen molar-refractivity contribution in [2.45, 2.75) is 43.2 Å². The number of amides is 2. The Morgan fingerprint density at radius 3 is 2.93 bits per heavy atom. The molecule has 0 bridgehead atoms. The molecule has 1 saturated heterocycles. The lowest BCUT2D eigenvalue weighted by Gasteiger charge is -2.44. The minimum Gasteiger partial charge on any atom is -0.543 e. The number of carboxylic acid groups (broad SMARTS) is 1. The fourth-order valence-electron chi connectivity index (χ4n) is 3.72. The SMILES string of the molecule is C[C@@H](O)[C@H]1C(=O)N2C(C(=O)[O-])=C(S[C@H]3CCn4c[n+](CC(N)=O)cc43)S[C@H]12. The van der Waals surface area contributed by atoms with E-state index in [1.165, 1.54) is 35.3 Å². The van der Waals surface area contributed by atoms with Gasteiger partial charge >= 0.3 is 0 Å². The minimum absolute atomic E-state index is 0.00483. The standard InChI is InChI=1S/C16H18N4O5S2/c1-7(21)11-13(23)20-12(15(24)25)16(27-14(11)20)26-9-2-3-19-6-18(4-8(9)19)5-10(17)22/h4,6-7,9,11,14,21H,2-3,5H2,1H3,(H2-,17,22,24,25)/t7-,9+,11+,14-/m1/s1. The monoisotopic (exact) mass is 410 g/mol. The van der Waals surface area contributed by atoms with Crippen molar-refractivity contribution < 1.29 is 29.2 Å². The number of carbonyl (C=O) groups excluding carboxylic acids is 3. The third kappa shape index (κ3) is 2.93. The molecule has 3 aliphatic heterocycles. The van der Waals surface area contributed by atoms with Gasteiger partial charge in [0, 0.05) is 6.42 Å². The molecule has 9 nitrogen and oxygen atoms in total. The molecule has 1 aromatic rings. The quantitative estimate of drug-likeness (QED) is 0.421. The van der Waals surface area contributed by atoms with Gasteiger partial charge < -0.3 is 20.7 Å². The van der Waals surface area contributed by atoms with Gasteiger partial charge in [0.2, 0.25) is 12.2 Å². The first-order chi connectivity index (χ1) is 12.8. The van der Waals surface area contributed by atoms with Crippen molar-refractivity contribution in [3.05, 3.63) is 28.2 Å². The highest BCUT2D eigenvalue weighted by atomic mass is 32.2. The summed E-state index contributed by atoms with van der Waals surface area (Å²) in [5.74, 6) is -2.81. The van der Waals surface area contributed by atoms with Crippen LogP contribution >= 0.6 is 23.5 Å². The van der Waals surface area contributed by atoms with E-state index in [2.05, 4.69) is 0 Å². The van der Waals surface area contributed by atoms with Gasteiger partial charge in [0.1, 0.15) is 11.6 Å². The van der Waals surface area contributed by atoms with E-state index in [0.29, 0.717) is 4.24 Å². The Kier molecular flexibility index (Phi) is 4.47. The summed E-state index contributed by atoms with van der Waals surface area (Å²) in [5, 5.41) is 21.0. The van der Waals surface area contributed by atoms with Crippen LogP contribution in [0.25, 0.3) is 0 Å². The Balaban J connectivity index is 1.57. The van der Waals surface area contributed by atoms with Crippen LogP contribution in [0.3, 0.4) is 0 Å². The number of aliphatic carboxylic acids is 1. The lowest BCUT2D eigenvalue weighted by Crippen LogP contribution is -2.61. The van der Waals surface area contributed by atoms with E-state index in [1.54, 1.807) is 4.57 Å². The number of hydrogen-bond acceptors (Lipinski definition) is 7. The Morgan fingerprint density at radius 1 is 1.56 bits per heavy atom. The number of carbonyl (C=O) groups is 3. The number of primary amides is 1. The molecule has 0 aliphatic carbocycles. The second-order valence-electron chi connectivity index (χ2n) is 6.80. The maximum Gasteiger partial charge on any atom is 0.259 e. The summed E-state index contributed by atoms with van der Waals surface area (Å²) in [7, 11) is 0. The van der Waals surface area contributed by atoms with Gasteiger partial charge in [-0.2, -0.15) is 0 Å². The molecule has 4 atom stereocenters. The van der Waals surface area contributed by atoms with Crippen LogP contribution in [0.2, 0.25) is 0 Å². The second-order valence-corrected chi connectivity index (χ2v) is 9.40. The molecular formula is C16H18N4O5S2. The Labute approximate surface area is 163 Å². The van der Waals surface area contributed by atoms with Crippen molar-refractivity contribution >= 4 is 41.3 Å². The lowest BCUT2D eigenvalue weighted by molar-refractivity contribution is -0.684. The molecule has 27 heavy (non-hydrogen) atoms. The molecule has 4 rings (SSSR count). The summed E-state index contributed by atoms with van der Waals surface area (Å²) in [6.45, 7) is 2.37. The molecule has 0 aromatic carbocycles. The number of nitrogens with two attached hydrogens (primary N) is 1. The molecule has 4 heterocycles. The summed E-state index contributed by atoms with van der Waals surface area (Å²) >= 11 is 2.68. The highest BCUT2D eigenvalue weighted by Gasteiger charge is 2.56. The number of aryl methyl sites for hydroxylation is 1. The van der Waals surface area contributed by atoms with Gasteiger partial charge in [-0.15, -0.1) is 11.8 Å². The largest absolute Gasteiger partial charge is 0.543 e. The molecule has 0 radical (unpaired) electrons. The van der Waals surface area contributed by atoms with Crippen LogP contribution in [0.5, 0.6) is 0 Å². The molecule has 11 heteroatoms. The maximum absolute atomic E-state index is 12.3. The van der Waals surface area contributed by atoms with Gasteiger partial charge in [-0.1, -0.05) is 11.8 Å². The number of aliphatic hydroxyl groups is 1. The first kappa shape index (κ1) is 18.4. The van der Waals surface area contributed by atoms with E-state index in [1.807, 2.05) is 17.1 Å². The van der Waals surface area contributed by atoms with Gasteiger partial charge in [0.05, 0.1) is 39.7 Å². The number of aromatic nitrogens is 2. The van der Waals surface area contributed by atoms with E-state index < -0.39 is 29.3 Å². The second kappa shape index (κ2) is 6.57. The number of rotatable bonds is 6. The van der Waals surface area contributed by atoms with Crippen LogP contribution in [-0.4, -0.2) is 43.8 Å². The topological polar surface area (TPSA) is 133 Å². The van der Waals surface area contributed by atoms with Gasteiger partial charge in [-0.05, 0) is 6.92 Å². The zero-order chi connectivity index (χ0) is 19.5. The van der Waals surface area contributed by atoms with E-state index in [0.717, 1.165) is 18.7 Å². The molecule has 144 valence electrons. The summed E-state index contributed by atoms with van der Waals surface area (Å²) in [6, 6.07) is 0. The molecule has 0 spiro atoms. The van der Waals surface area contributed by atoms with Crippen molar-refractivity contribution in [2.75, 3.05) is 0 Å². The summed E-state index contributed by atoms with van der Waals surface area (Å²) in [6.07, 6.45) is 3.62. The van der Waals surface area contributed by atoms with Crippen LogP contribution in [0.1, 0.15) is 24.3 Å². The molecular weight excluding hydrogens is 392 g/mol. The molecule has 3 N–H and O–H groups in total. The summed E-state index contributed by atoms with van der Waals surface area (Å²) < 4.78 is 4.25. The fourth-order valence-corrected chi connectivity index (χ4v) is 7.00. The zero-order valence-corrected chi connectivity index (χ0v) is 16.0. The fraction of sp³-hybridized carbons (Fsp3) is 0.500. The van der Waals surface area contributed by atoms with Crippen LogP contribution in [0.4, 0.5) is 0 Å². The van der Waals surface area contributed by atoms with Crippen molar-refractivity contribution in [3.63, 3.8) is 0 Å². The number of nitrogens with zero attached hydrogens (tertiary/aromatic N) is 3. The Hall–Kier alpha value is -1.98. The van der Waals surface area contributed by atoms with Crippen molar-refractivity contribution in [1.82, 2.24) is 9.47 Å². The predicted molar refractivity (Wildman–Crippen MR) is 94.2 cm³/mol. The first-order valence-electron chi connectivity index (χ1n) is 8.45. The molecule has 1 aromatic heterocycles. The summed E-state index contributed by atoms with van der Waals surface area (Å²) in [5.41, 5.74) is 6.10. The first-order valence-corrected chi connectivity index (χ1v) is 10.2. The number of aliphatic hydroxyl groups excluding tert-OH is 1. The Bertz CT molecular complexity index is 880. The summed E-state index contributed by atoms with van der Waals surface area (Å²) in [4.78, 5) is 36.2. The van der Waals surface area contributed by atoms with Gasteiger partial charge in [0.25, 0.3) is 5.91 Å². The van der Waals surface area contributed by atoms with Gasteiger partial charge in [-0.25, -0.2) is 9.13 Å². The average molecular weight is 410 g/mol. The molecule has 2 amide bonds. The third-order valence-electron chi connectivity index (χ3n) is 4.93. The predicted octanol–water partition coefficient (Wildman–Crippen LogP) is -1.73. The van der Waals surface area contributed by atoms with Crippen molar-refractivity contribution in [2.24, 2.45) is 11.7 Å².